The standard InChI is InChI=1S/C23H20ClFN4O2/c1-31-20(30)11-9-18-23-28-27-22(13-6-7-13)29(23)19-10-8-14(24)12-16(19)21(26-18)15-4-2-3-5-17(15)25/h2-5,8,10,12-13,18H,6-7,9,11H2,1H3. The van der Waals surface area contributed by atoms with Crippen LogP contribution < -0.4 is 0 Å². The summed E-state index contributed by atoms with van der Waals surface area (Å²) in [5.41, 5.74) is 2.38. The Bertz CT molecular complexity index is 1200. The number of carbonyl (C=O) groups excluding carboxylic acids is 1. The van der Waals surface area contributed by atoms with Gasteiger partial charge in [-0.25, -0.2) is 4.39 Å². The normalized spacial score (nSPS) is 17.4. The molecule has 1 aliphatic heterocycles. The zero-order valence-corrected chi connectivity index (χ0v) is 17.6. The van der Waals surface area contributed by atoms with Crippen LogP contribution in [0.3, 0.4) is 0 Å². The number of hydrogen-bond donors (Lipinski definition) is 0. The van der Waals surface area contributed by atoms with E-state index in [0.717, 1.165) is 24.4 Å². The molecule has 8 heteroatoms. The number of aromatic nitrogens is 3. The number of aliphatic imine (C=N–C) groups is 1. The highest BCUT2D eigenvalue weighted by atomic mass is 35.5. The lowest BCUT2D eigenvalue weighted by molar-refractivity contribution is -0.140. The molecule has 158 valence electrons. The van der Waals surface area contributed by atoms with Crippen LogP contribution in [0.2, 0.25) is 5.02 Å². The van der Waals surface area contributed by atoms with Gasteiger partial charge in [0.25, 0.3) is 0 Å². The molecule has 1 atom stereocenters. The van der Waals surface area contributed by atoms with Gasteiger partial charge in [0.15, 0.2) is 5.82 Å². The average molecular weight is 439 g/mol. The molecule has 1 fully saturated rings. The minimum atomic E-state index is -0.486. The first-order valence-electron chi connectivity index (χ1n) is 10.2. The van der Waals surface area contributed by atoms with E-state index < -0.39 is 6.04 Å². The minimum absolute atomic E-state index is 0.165. The molecular weight excluding hydrogens is 419 g/mol. The summed E-state index contributed by atoms with van der Waals surface area (Å²) in [6.45, 7) is 0. The maximum atomic E-state index is 14.8. The van der Waals surface area contributed by atoms with Crippen LogP contribution in [0.4, 0.5) is 4.39 Å². The SMILES string of the molecule is COC(=O)CCC1N=C(c2ccccc2F)c2cc(Cl)ccc2-n2c(C3CC3)nnc21. The molecule has 3 aromatic rings. The monoisotopic (exact) mass is 438 g/mol. The molecule has 1 saturated carbocycles. The predicted molar refractivity (Wildman–Crippen MR) is 114 cm³/mol. The van der Waals surface area contributed by atoms with E-state index >= 15 is 0 Å². The fraction of sp³-hybridized carbons (Fsp3) is 0.304. The van der Waals surface area contributed by atoms with Crippen molar-refractivity contribution >= 4 is 23.3 Å². The number of benzene rings is 2. The van der Waals surface area contributed by atoms with Crippen LogP contribution in [0.15, 0.2) is 47.5 Å². The molecule has 0 amide bonds. The summed E-state index contributed by atoms with van der Waals surface area (Å²) in [6, 6.07) is 11.5. The van der Waals surface area contributed by atoms with Gasteiger partial charge in [-0.1, -0.05) is 23.7 Å². The Morgan fingerprint density at radius 2 is 1.94 bits per heavy atom. The second kappa shape index (κ2) is 7.89. The first kappa shape index (κ1) is 19.9. The third kappa shape index (κ3) is 3.63. The molecule has 1 unspecified atom stereocenters. The van der Waals surface area contributed by atoms with Gasteiger partial charge in [0.05, 0.1) is 18.5 Å². The highest BCUT2D eigenvalue weighted by molar-refractivity contribution is 6.31. The molecule has 5 rings (SSSR count). The third-order valence-corrected chi connectivity index (χ3v) is 5.91. The first-order valence-corrected chi connectivity index (χ1v) is 10.6. The van der Waals surface area contributed by atoms with Crippen LogP contribution in [-0.4, -0.2) is 33.6 Å². The molecular formula is C23H20ClFN4O2. The lowest BCUT2D eigenvalue weighted by Crippen LogP contribution is -2.10. The summed E-state index contributed by atoms with van der Waals surface area (Å²) in [4.78, 5) is 16.8. The number of methoxy groups -OCH3 is 1. The Balaban J connectivity index is 1.74. The molecule has 1 aromatic heterocycles. The number of nitrogens with zero attached hydrogens (tertiary/aromatic N) is 4. The average Bonchev–Trinajstić information content (AvgIpc) is 3.55. The van der Waals surface area contributed by atoms with Crippen LogP contribution in [0.1, 0.15) is 60.4 Å². The van der Waals surface area contributed by atoms with Gasteiger partial charge in [-0.2, -0.15) is 0 Å². The van der Waals surface area contributed by atoms with Crippen molar-refractivity contribution in [1.29, 1.82) is 0 Å². The summed E-state index contributed by atoms with van der Waals surface area (Å²) >= 11 is 6.35. The summed E-state index contributed by atoms with van der Waals surface area (Å²) in [5.74, 6) is 1.13. The number of rotatable bonds is 5. The predicted octanol–water partition coefficient (Wildman–Crippen LogP) is 4.78. The van der Waals surface area contributed by atoms with Crippen LogP contribution in [0, 0.1) is 5.82 Å². The fourth-order valence-electron chi connectivity index (χ4n) is 3.97. The molecule has 2 aliphatic rings. The highest BCUT2D eigenvalue weighted by Crippen LogP contribution is 2.43. The third-order valence-electron chi connectivity index (χ3n) is 5.67. The molecule has 0 N–H and O–H groups in total. The van der Waals surface area contributed by atoms with Crippen molar-refractivity contribution in [1.82, 2.24) is 14.8 Å². The van der Waals surface area contributed by atoms with E-state index in [1.54, 1.807) is 30.3 Å². The van der Waals surface area contributed by atoms with Crippen molar-refractivity contribution < 1.29 is 13.9 Å². The van der Waals surface area contributed by atoms with Gasteiger partial charge in [0, 0.05) is 28.5 Å². The molecule has 0 radical (unpaired) electrons. The summed E-state index contributed by atoms with van der Waals surface area (Å²) < 4.78 is 21.7. The second-order valence-corrected chi connectivity index (χ2v) is 8.21. The summed E-state index contributed by atoms with van der Waals surface area (Å²) in [6.07, 6.45) is 2.64. The van der Waals surface area contributed by atoms with Gasteiger partial charge in [0.1, 0.15) is 17.7 Å². The Labute approximate surface area is 183 Å². The van der Waals surface area contributed by atoms with Crippen LogP contribution in [0.5, 0.6) is 0 Å². The number of ether oxygens (including phenoxy) is 1. The largest absolute Gasteiger partial charge is 0.469 e. The van der Waals surface area contributed by atoms with E-state index in [1.165, 1.54) is 13.2 Å². The molecule has 0 saturated heterocycles. The molecule has 0 bridgehead atoms. The zero-order chi connectivity index (χ0) is 21.5. The summed E-state index contributed by atoms with van der Waals surface area (Å²) in [7, 11) is 1.36. The van der Waals surface area contributed by atoms with Gasteiger partial charge in [-0.05, 0) is 49.6 Å². The number of fused-ring (bicyclic) bond motifs is 3. The van der Waals surface area contributed by atoms with Gasteiger partial charge in [-0.3, -0.25) is 14.4 Å². The van der Waals surface area contributed by atoms with E-state index in [1.807, 2.05) is 10.6 Å². The van der Waals surface area contributed by atoms with Gasteiger partial charge in [-0.15, -0.1) is 10.2 Å². The fourth-order valence-corrected chi connectivity index (χ4v) is 4.14. The number of esters is 1. The lowest BCUT2D eigenvalue weighted by atomic mass is 9.99. The Morgan fingerprint density at radius 1 is 1.16 bits per heavy atom. The maximum absolute atomic E-state index is 14.8. The van der Waals surface area contributed by atoms with Crippen molar-refractivity contribution in [3.05, 3.63) is 76.1 Å². The van der Waals surface area contributed by atoms with Crippen LogP contribution >= 0.6 is 11.6 Å². The quantitative estimate of drug-likeness (QED) is 0.537. The van der Waals surface area contributed by atoms with Crippen LogP contribution in [-0.2, 0) is 9.53 Å². The zero-order valence-electron chi connectivity index (χ0n) is 16.9. The van der Waals surface area contributed by atoms with Gasteiger partial charge < -0.3 is 4.74 Å². The van der Waals surface area contributed by atoms with Crippen molar-refractivity contribution in [2.75, 3.05) is 7.11 Å². The topological polar surface area (TPSA) is 69.4 Å². The molecule has 0 spiro atoms. The number of carbonyl (C=O) groups is 1. The molecule has 31 heavy (non-hydrogen) atoms. The Morgan fingerprint density at radius 3 is 2.68 bits per heavy atom. The Hall–Kier alpha value is -3.06. The lowest BCUT2D eigenvalue weighted by Gasteiger charge is -2.14. The van der Waals surface area contributed by atoms with Crippen molar-refractivity contribution in [3.63, 3.8) is 0 Å². The maximum Gasteiger partial charge on any atom is 0.305 e. The first-order chi connectivity index (χ1) is 15.1. The molecule has 6 nitrogen and oxygen atoms in total. The number of hydrogen-bond acceptors (Lipinski definition) is 5. The van der Waals surface area contributed by atoms with Crippen molar-refractivity contribution in [2.45, 2.75) is 37.6 Å². The summed E-state index contributed by atoms with van der Waals surface area (Å²) in [5, 5.41) is 9.44. The van der Waals surface area contributed by atoms with E-state index in [9.17, 15) is 9.18 Å². The van der Waals surface area contributed by atoms with E-state index in [4.69, 9.17) is 21.3 Å². The molecule has 2 aromatic carbocycles. The van der Waals surface area contributed by atoms with E-state index in [-0.39, 0.29) is 18.2 Å². The minimum Gasteiger partial charge on any atom is -0.469 e. The van der Waals surface area contributed by atoms with E-state index in [2.05, 4.69) is 10.2 Å². The van der Waals surface area contributed by atoms with Gasteiger partial charge in [0.2, 0.25) is 0 Å². The second-order valence-electron chi connectivity index (χ2n) is 7.78. The number of halogens is 2. The highest BCUT2D eigenvalue weighted by Gasteiger charge is 2.35. The van der Waals surface area contributed by atoms with E-state index in [0.29, 0.717) is 40.0 Å². The van der Waals surface area contributed by atoms with Crippen molar-refractivity contribution in [3.8, 4) is 5.69 Å². The molecule has 2 heterocycles. The van der Waals surface area contributed by atoms with Crippen LogP contribution in [0.25, 0.3) is 5.69 Å². The van der Waals surface area contributed by atoms with Crippen molar-refractivity contribution in [2.24, 2.45) is 4.99 Å². The Kier molecular flexibility index (Phi) is 5.06. The molecule has 1 aliphatic carbocycles. The van der Waals surface area contributed by atoms with Gasteiger partial charge >= 0.3 is 5.97 Å². The smallest absolute Gasteiger partial charge is 0.305 e.